The topological polar surface area (TPSA) is 66.7 Å². The minimum atomic E-state index is -0.0896. The molecule has 0 aliphatic carbocycles. The molecule has 2 aromatic heterocycles. The van der Waals surface area contributed by atoms with Gasteiger partial charge in [-0.25, -0.2) is 4.98 Å². The van der Waals surface area contributed by atoms with Crippen molar-refractivity contribution in [2.45, 2.75) is 32.2 Å². The number of imidazole rings is 1. The first-order valence-corrected chi connectivity index (χ1v) is 11.7. The fraction of sp³-hybridized carbons (Fsp3) is 0.250. The first-order chi connectivity index (χ1) is 16.6. The van der Waals surface area contributed by atoms with E-state index < -0.39 is 0 Å². The van der Waals surface area contributed by atoms with Gasteiger partial charge >= 0.3 is 0 Å². The summed E-state index contributed by atoms with van der Waals surface area (Å²) < 4.78 is 1.94. The lowest BCUT2D eigenvalue weighted by molar-refractivity contribution is 0.0712. The van der Waals surface area contributed by atoms with Gasteiger partial charge in [-0.15, -0.1) is 0 Å². The number of fused-ring (bicyclic) bond motifs is 1. The molecule has 0 atom stereocenters. The van der Waals surface area contributed by atoms with Gasteiger partial charge in [-0.1, -0.05) is 29.8 Å². The SMILES string of the molecule is Cc1ccc(C(=O)N2CCC(c3ccc(C(=O)NCc4ccn5ccnc5c4)cc3)CC2)cc1. The molecule has 1 N–H and O–H groups in total. The van der Waals surface area contributed by atoms with E-state index >= 15 is 0 Å². The molecule has 0 unspecified atom stereocenters. The van der Waals surface area contributed by atoms with Crippen LogP contribution in [-0.2, 0) is 6.54 Å². The van der Waals surface area contributed by atoms with Crippen LogP contribution in [0.25, 0.3) is 5.65 Å². The highest BCUT2D eigenvalue weighted by Gasteiger charge is 2.24. The van der Waals surface area contributed by atoms with Gasteiger partial charge in [0.05, 0.1) is 0 Å². The number of rotatable bonds is 5. The number of piperidine rings is 1. The van der Waals surface area contributed by atoms with Gasteiger partial charge in [-0.3, -0.25) is 9.59 Å². The largest absolute Gasteiger partial charge is 0.348 e. The molecule has 0 spiro atoms. The zero-order chi connectivity index (χ0) is 23.5. The Morgan fingerprint density at radius 1 is 0.941 bits per heavy atom. The summed E-state index contributed by atoms with van der Waals surface area (Å²) in [6, 6.07) is 19.6. The maximum absolute atomic E-state index is 12.8. The van der Waals surface area contributed by atoms with E-state index in [4.69, 9.17) is 0 Å². The van der Waals surface area contributed by atoms with Crippen LogP contribution in [-0.4, -0.2) is 39.2 Å². The van der Waals surface area contributed by atoms with Gasteiger partial charge in [-0.2, -0.15) is 0 Å². The fourth-order valence-electron chi connectivity index (χ4n) is 4.55. The first kappa shape index (κ1) is 21.9. The van der Waals surface area contributed by atoms with Crippen molar-refractivity contribution >= 4 is 17.5 Å². The molecule has 2 amide bonds. The molecule has 172 valence electrons. The molecule has 0 radical (unpaired) electrons. The summed E-state index contributed by atoms with van der Waals surface area (Å²) in [4.78, 5) is 31.6. The van der Waals surface area contributed by atoms with Gasteiger partial charge in [0.15, 0.2) is 0 Å². The van der Waals surface area contributed by atoms with Crippen LogP contribution in [0, 0.1) is 6.92 Å². The Morgan fingerprint density at radius 2 is 1.65 bits per heavy atom. The van der Waals surface area contributed by atoms with Gasteiger partial charge < -0.3 is 14.6 Å². The molecule has 0 saturated carbocycles. The van der Waals surface area contributed by atoms with Gasteiger partial charge in [0.1, 0.15) is 5.65 Å². The van der Waals surface area contributed by atoms with Crippen molar-refractivity contribution in [3.05, 3.63) is 107 Å². The number of hydrogen-bond acceptors (Lipinski definition) is 3. The number of aromatic nitrogens is 2. The van der Waals surface area contributed by atoms with Crippen molar-refractivity contribution in [1.29, 1.82) is 0 Å². The van der Waals surface area contributed by atoms with Gasteiger partial charge in [0.25, 0.3) is 11.8 Å². The average Bonchev–Trinajstić information content (AvgIpc) is 3.35. The highest BCUT2D eigenvalue weighted by Crippen LogP contribution is 2.29. The maximum Gasteiger partial charge on any atom is 0.253 e. The zero-order valence-corrected chi connectivity index (χ0v) is 19.3. The molecule has 1 aliphatic heterocycles. The normalized spacial score (nSPS) is 14.3. The second-order valence-corrected chi connectivity index (χ2v) is 8.96. The Morgan fingerprint density at radius 3 is 2.38 bits per heavy atom. The van der Waals surface area contributed by atoms with Gasteiger partial charge in [0, 0.05) is 49.4 Å². The number of benzene rings is 2. The van der Waals surface area contributed by atoms with E-state index in [1.807, 2.05) is 89.3 Å². The Kier molecular flexibility index (Phi) is 6.12. The quantitative estimate of drug-likeness (QED) is 0.482. The third-order valence-corrected chi connectivity index (χ3v) is 6.64. The third kappa shape index (κ3) is 4.71. The van der Waals surface area contributed by atoms with Crippen LogP contribution in [0.3, 0.4) is 0 Å². The molecule has 1 fully saturated rings. The van der Waals surface area contributed by atoms with Crippen LogP contribution >= 0.6 is 0 Å². The number of likely N-dealkylation sites (tertiary alicyclic amines) is 1. The van der Waals surface area contributed by atoms with E-state index in [2.05, 4.69) is 10.3 Å². The molecule has 6 nitrogen and oxygen atoms in total. The van der Waals surface area contributed by atoms with Crippen LogP contribution in [0.2, 0.25) is 0 Å². The van der Waals surface area contributed by atoms with Crippen LogP contribution in [0.4, 0.5) is 0 Å². The maximum atomic E-state index is 12.8. The number of amides is 2. The van der Waals surface area contributed by atoms with Crippen molar-refractivity contribution in [3.8, 4) is 0 Å². The molecule has 6 heteroatoms. The summed E-state index contributed by atoms with van der Waals surface area (Å²) >= 11 is 0. The molecule has 3 heterocycles. The van der Waals surface area contributed by atoms with Crippen LogP contribution in [0.5, 0.6) is 0 Å². The molecule has 1 saturated heterocycles. The summed E-state index contributed by atoms with van der Waals surface area (Å²) in [6.07, 6.45) is 7.45. The van der Waals surface area contributed by atoms with E-state index in [9.17, 15) is 9.59 Å². The smallest absolute Gasteiger partial charge is 0.253 e. The summed E-state index contributed by atoms with van der Waals surface area (Å²) in [5.74, 6) is 0.422. The van der Waals surface area contributed by atoms with Crippen molar-refractivity contribution in [3.63, 3.8) is 0 Å². The predicted molar refractivity (Wildman–Crippen MR) is 132 cm³/mol. The molecule has 5 rings (SSSR count). The molecule has 1 aliphatic rings. The fourth-order valence-corrected chi connectivity index (χ4v) is 4.55. The minimum absolute atomic E-state index is 0.0896. The number of hydrogen-bond donors (Lipinski definition) is 1. The summed E-state index contributed by atoms with van der Waals surface area (Å²) in [7, 11) is 0. The second-order valence-electron chi connectivity index (χ2n) is 8.96. The van der Waals surface area contributed by atoms with E-state index in [0.717, 1.165) is 48.3 Å². The predicted octanol–water partition coefficient (Wildman–Crippen LogP) is 4.59. The number of aryl methyl sites for hydroxylation is 1. The number of carbonyl (C=O) groups excluding carboxylic acids is 2. The zero-order valence-electron chi connectivity index (χ0n) is 19.3. The summed E-state index contributed by atoms with van der Waals surface area (Å²) in [5, 5.41) is 2.99. The van der Waals surface area contributed by atoms with E-state index in [0.29, 0.717) is 18.0 Å². The number of nitrogens with zero attached hydrogens (tertiary/aromatic N) is 3. The highest BCUT2D eigenvalue weighted by atomic mass is 16.2. The lowest BCUT2D eigenvalue weighted by atomic mass is 9.88. The Hall–Kier alpha value is -3.93. The van der Waals surface area contributed by atoms with E-state index in [1.165, 1.54) is 5.56 Å². The molecule has 0 bridgehead atoms. The van der Waals surface area contributed by atoms with Gasteiger partial charge in [-0.05, 0) is 73.2 Å². The molecule has 4 aromatic rings. The first-order valence-electron chi connectivity index (χ1n) is 11.7. The van der Waals surface area contributed by atoms with Crippen molar-refractivity contribution in [2.75, 3.05) is 13.1 Å². The molecular weight excluding hydrogens is 424 g/mol. The molecule has 34 heavy (non-hydrogen) atoms. The van der Waals surface area contributed by atoms with Crippen molar-refractivity contribution in [1.82, 2.24) is 19.6 Å². The van der Waals surface area contributed by atoms with Crippen LogP contribution < -0.4 is 5.32 Å². The summed E-state index contributed by atoms with van der Waals surface area (Å²) in [6.45, 7) is 3.98. The number of nitrogens with one attached hydrogen (secondary N) is 1. The second kappa shape index (κ2) is 9.51. The van der Waals surface area contributed by atoms with Gasteiger partial charge in [0.2, 0.25) is 0 Å². The average molecular weight is 453 g/mol. The molecular formula is C28H28N4O2. The van der Waals surface area contributed by atoms with E-state index in [1.54, 1.807) is 6.20 Å². The van der Waals surface area contributed by atoms with Crippen LogP contribution in [0.1, 0.15) is 56.2 Å². The summed E-state index contributed by atoms with van der Waals surface area (Å²) in [5.41, 5.74) is 5.66. The highest BCUT2D eigenvalue weighted by molar-refractivity contribution is 5.94. The lowest BCUT2D eigenvalue weighted by Gasteiger charge is -2.32. The Bertz CT molecular complexity index is 1300. The Balaban J connectivity index is 1.14. The van der Waals surface area contributed by atoms with E-state index in [-0.39, 0.29) is 11.8 Å². The standard InChI is InChI=1S/C28H28N4O2/c1-20-2-4-25(5-3-20)28(34)32-15-11-23(12-16-32)22-6-8-24(9-7-22)27(33)30-19-21-10-14-31-17-13-29-26(31)18-21/h2-10,13-14,17-18,23H,11-12,15-16,19H2,1H3,(H,30,33). The number of carbonyl (C=O) groups is 2. The minimum Gasteiger partial charge on any atom is -0.348 e. The Labute approximate surface area is 199 Å². The van der Waals surface area contributed by atoms with Crippen LogP contribution in [0.15, 0.2) is 79.3 Å². The number of pyridine rings is 1. The molecule has 2 aromatic carbocycles. The lowest BCUT2D eigenvalue weighted by Crippen LogP contribution is -2.37. The third-order valence-electron chi connectivity index (χ3n) is 6.64. The van der Waals surface area contributed by atoms with Crippen molar-refractivity contribution in [2.24, 2.45) is 0 Å². The monoisotopic (exact) mass is 452 g/mol. The van der Waals surface area contributed by atoms with Crippen molar-refractivity contribution < 1.29 is 9.59 Å².